The molecule has 10 heteroatoms. The summed E-state index contributed by atoms with van der Waals surface area (Å²) in [6.07, 6.45) is 2.02. The molecule has 156 valence electrons. The quantitative estimate of drug-likeness (QED) is 0.675. The fraction of sp³-hybridized carbons (Fsp3) is 0.526. The molecule has 2 aliphatic heterocycles. The van der Waals surface area contributed by atoms with Gasteiger partial charge in [0.05, 0.1) is 17.6 Å². The van der Waals surface area contributed by atoms with Gasteiger partial charge in [-0.2, -0.15) is 0 Å². The van der Waals surface area contributed by atoms with E-state index in [1.54, 1.807) is 29.2 Å². The molecule has 9 nitrogen and oxygen atoms in total. The number of carbonyl (C=O) groups excluding carboxylic acids is 1. The first-order valence-corrected chi connectivity index (χ1v) is 11.5. The molecule has 1 aromatic heterocycles. The predicted molar refractivity (Wildman–Crippen MR) is 104 cm³/mol. The highest BCUT2D eigenvalue weighted by Gasteiger charge is 2.36. The summed E-state index contributed by atoms with van der Waals surface area (Å²) in [5.41, 5.74) is 0.653. The van der Waals surface area contributed by atoms with Crippen molar-refractivity contribution in [2.75, 3.05) is 24.7 Å². The van der Waals surface area contributed by atoms with Crippen LogP contribution in [0.15, 0.2) is 39.6 Å². The zero-order valence-corrected chi connectivity index (χ0v) is 16.7. The van der Waals surface area contributed by atoms with E-state index in [0.29, 0.717) is 25.1 Å². The SMILES string of the molecule is O=C(Cn1c(-c2ccccc2)noc1=O)N(CC1CCCO1)C1CCS(=O)(=O)C1. The minimum Gasteiger partial charge on any atom is -0.376 e. The second kappa shape index (κ2) is 8.11. The summed E-state index contributed by atoms with van der Waals surface area (Å²) < 4.78 is 35.6. The summed E-state index contributed by atoms with van der Waals surface area (Å²) in [5, 5.41) is 3.81. The molecule has 29 heavy (non-hydrogen) atoms. The van der Waals surface area contributed by atoms with Gasteiger partial charge in [-0.25, -0.2) is 17.8 Å². The summed E-state index contributed by atoms with van der Waals surface area (Å²) >= 11 is 0. The third-order valence-corrected chi connectivity index (χ3v) is 7.16. The second-order valence-electron chi connectivity index (χ2n) is 7.46. The number of aromatic nitrogens is 2. The minimum atomic E-state index is -3.16. The van der Waals surface area contributed by atoms with Crippen molar-refractivity contribution in [2.45, 2.75) is 38.0 Å². The Kier molecular flexibility index (Phi) is 5.55. The van der Waals surface area contributed by atoms with Crippen LogP contribution in [0.1, 0.15) is 19.3 Å². The maximum Gasteiger partial charge on any atom is 0.442 e. The number of amides is 1. The van der Waals surface area contributed by atoms with Gasteiger partial charge in [0.1, 0.15) is 6.54 Å². The third-order valence-electron chi connectivity index (χ3n) is 5.41. The highest BCUT2D eigenvalue weighted by atomic mass is 32.2. The molecule has 0 aliphatic carbocycles. The van der Waals surface area contributed by atoms with Gasteiger partial charge in [0.25, 0.3) is 0 Å². The molecule has 3 heterocycles. The molecule has 0 N–H and O–H groups in total. The Bertz CT molecular complexity index is 1020. The molecule has 0 saturated carbocycles. The summed E-state index contributed by atoms with van der Waals surface area (Å²) in [7, 11) is -3.16. The highest BCUT2D eigenvalue weighted by molar-refractivity contribution is 7.91. The lowest BCUT2D eigenvalue weighted by molar-refractivity contribution is -0.135. The van der Waals surface area contributed by atoms with Crippen LogP contribution in [0.4, 0.5) is 0 Å². The summed E-state index contributed by atoms with van der Waals surface area (Å²) in [5.74, 6) is -0.802. The van der Waals surface area contributed by atoms with Crippen LogP contribution in [-0.4, -0.2) is 65.8 Å². The monoisotopic (exact) mass is 421 g/mol. The summed E-state index contributed by atoms with van der Waals surface area (Å²) in [6, 6.07) is 8.56. The molecule has 2 aliphatic rings. The highest BCUT2D eigenvalue weighted by Crippen LogP contribution is 2.22. The number of nitrogens with zero attached hydrogens (tertiary/aromatic N) is 3. The minimum absolute atomic E-state index is 0.0600. The zero-order valence-electron chi connectivity index (χ0n) is 15.9. The molecule has 2 saturated heterocycles. The van der Waals surface area contributed by atoms with Gasteiger partial charge in [-0.3, -0.25) is 9.32 Å². The first-order chi connectivity index (χ1) is 13.9. The van der Waals surface area contributed by atoms with Gasteiger partial charge in [0, 0.05) is 24.8 Å². The Morgan fingerprint density at radius 1 is 1.24 bits per heavy atom. The number of ether oxygens (including phenoxy) is 1. The average Bonchev–Trinajstić information content (AvgIpc) is 3.42. The molecule has 0 radical (unpaired) electrons. The lowest BCUT2D eigenvalue weighted by Crippen LogP contribution is -2.47. The molecule has 0 spiro atoms. The molecule has 0 bridgehead atoms. The van der Waals surface area contributed by atoms with E-state index in [2.05, 4.69) is 5.16 Å². The fourth-order valence-corrected chi connectivity index (χ4v) is 5.64. The maximum absolute atomic E-state index is 13.2. The lowest BCUT2D eigenvalue weighted by Gasteiger charge is -2.30. The van der Waals surface area contributed by atoms with E-state index in [1.165, 1.54) is 4.57 Å². The van der Waals surface area contributed by atoms with E-state index in [1.807, 2.05) is 6.07 Å². The van der Waals surface area contributed by atoms with Crippen molar-refractivity contribution in [1.29, 1.82) is 0 Å². The Morgan fingerprint density at radius 3 is 2.69 bits per heavy atom. The number of rotatable bonds is 6. The smallest absolute Gasteiger partial charge is 0.376 e. The zero-order chi connectivity index (χ0) is 20.4. The topological polar surface area (TPSA) is 112 Å². The van der Waals surface area contributed by atoms with Gasteiger partial charge in [-0.1, -0.05) is 35.5 Å². The summed E-state index contributed by atoms with van der Waals surface area (Å²) in [6.45, 7) is 0.689. The maximum atomic E-state index is 13.2. The molecule has 2 unspecified atom stereocenters. The molecule has 1 amide bonds. The van der Waals surface area contributed by atoms with Crippen LogP contribution >= 0.6 is 0 Å². The van der Waals surface area contributed by atoms with E-state index in [9.17, 15) is 18.0 Å². The van der Waals surface area contributed by atoms with Crippen LogP contribution in [0.2, 0.25) is 0 Å². The number of sulfone groups is 1. The molecule has 2 atom stereocenters. The summed E-state index contributed by atoms with van der Waals surface area (Å²) in [4.78, 5) is 26.9. The molecule has 2 fully saturated rings. The predicted octanol–water partition coefficient (Wildman–Crippen LogP) is 0.698. The van der Waals surface area contributed by atoms with Crippen LogP contribution in [-0.2, 0) is 25.9 Å². The van der Waals surface area contributed by atoms with Gasteiger partial charge in [0.2, 0.25) is 5.91 Å². The van der Waals surface area contributed by atoms with Gasteiger partial charge >= 0.3 is 5.76 Å². The van der Waals surface area contributed by atoms with Crippen LogP contribution in [0.3, 0.4) is 0 Å². The molecular weight excluding hydrogens is 398 g/mol. The van der Waals surface area contributed by atoms with E-state index < -0.39 is 21.6 Å². The van der Waals surface area contributed by atoms with Crippen LogP contribution in [0.5, 0.6) is 0 Å². The van der Waals surface area contributed by atoms with Gasteiger partial charge in [-0.15, -0.1) is 0 Å². The van der Waals surface area contributed by atoms with Crippen LogP contribution in [0.25, 0.3) is 11.4 Å². The van der Waals surface area contributed by atoms with E-state index in [4.69, 9.17) is 9.26 Å². The van der Waals surface area contributed by atoms with E-state index in [-0.39, 0.29) is 35.9 Å². The van der Waals surface area contributed by atoms with Crippen LogP contribution < -0.4 is 5.76 Å². The third kappa shape index (κ3) is 4.43. The van der Waals surface area contributed by atoms with Crippen molar-refractivity contribution < 1.29 is 22.5 Å². The van der Waals surface area contributed by atoms with Crippen molar-refractivity contribution in [3.05, 3.63) is 40.9 Å². The largest absolute Gasteiger partial charge is 0.442 e. The van der Waals surface area contributed by atoms with E-state index in [0.717, 1.165) is 12.8 Å². The van der Waals surface area contributed by atoms with Crippen LogP contribution in [0, 0.1) is 0 Å². The number of carbonyl (C=O) groups is 1. The standard InChI is InChI=1S/C19H23N3O6S/c23-17(12-22-18(20-28-19(22)24)14-5-2-1-3-6-14)21(11-16-7-4-9-27-16)15-8-10-29(25,26)13-15/h1-3,5-6,15-16H,4,7-13H2. The number of benzene rings is 1. The second-order valence-corrected chi connectivity index (χ2v) is 9.69. The lowest BCUT2D eigenvalue weighted by atomic mass is 10.1. The van der Waals surface area contributed by atoms with E-state index >= 15 is 0 Å². The normalized spacial score (nSPS) is 23.3. The molecular formula is C19H23N3O6S. The Labute approximate surface area is 168 Å². The first kappa shape index (κ1) is 19.8. The molecule has 4 rings (SSSR count). The fourth-order valence-electron chi connectivity index (χ4n) is 3.91. The number of hydrogen-bond donors (Lipinski definition) is 0. The Morgan fingerprint density at radius 2 is 2.03 bits per heavy atom. The van der Waals surface area contributed by atoms with Crippen molar-refractivity contribution in [3.63, 3.8) is 0 Å². The van der Waals surface area contributed by atoms with Crippen molar-refractivity contribution >= 4 is 15.7 Å². The van der Waals surface area contributed by atoms with Gasteiger partial charge < -0.3 is 9.64 Å². The van der Waals surface area contributed by atoms with Crippen molar-refractivity contribution in [2.24, 2.45) is 0 Å². The van der Waals surface area contributed by atoms with Gasteiger partial charge in [-0.05, 0) is 19.3 Å². The molecule has 2 aromatic rings. The molecule has 1 aromatic carbocycles. The Hall–Kier alpha value is -2.46. The van der Waals surface area contributed by atoms with Gasteiger partial charge in [0.15, 0.2) is 15.7 Å². The van der Waals surface area contributed by atoms with Crippen molar-refractivity contribution in [1.82, 2.24) is 14.6 Å². The average molecular weight is 421 g/mol. The van der Waals surface area contributed by atoms with Crippen molar-refractivity contribution in [3.8, 4) is 11.4 Å². The Balaban J connectivity index is 1.58. The first-order valence-electron chi connectivity index (χ1n) is 9.66. The number of hydrogen-bond acceptors (Lipinski definition) is 7.